The molecule has 0 radical (unpaired) electrons. The second-order valence-corrected chi connectivity index (χ2v) is 3.96. The molecule has 0 saturated carbocycles. The van der Waals surface area contributed by atoms with Crippen LogP contribution in [-0.2, 0) is 4.79 Å². The lowest BCUT2D eigenvalue weighted by molar-refractivity contribution is -0.137. The zero-order chi connectivity index (χ0) is 11.0. The van der Waals surface area contributed by atoms with Gasteiger partial charge in [0.1, 0.15) is 5.60 Å². The van der Waals surface area contributed by atoms with Crippen LogP contribution < -0.4 is 5.73 Å². The van der Waals surface area contributed by atoms with Crippen molar-refractivity contribution in [3.8, 4) is 0 Å². The Labute approximate surface area is 86.7 Å². The molecule has 0 aliphatic rings. The van der Waals surface area contributed by atoms with E-state index < -0.39 is 11.5 Å². The maximum atomic E-state index is 11.0. The molecule has 3 heteroatoms. The van der Waals surface area contributed by atoms with Gasteiger partial charge in [0.25, 0.3) is 0 Å². The van der Waals surface area contributed by atoms with Crippen LogP contribution in [0.25, 0.3) is 0 Å². The Balaban J connectivity index is 3.90. The van der Waals surface area contributed by atoms with Crippen LogP contribution in [0.3, 0.4) is 0 Å². The van der Waals surface area contributed by atoms with Gasteiger partial charge in [0.2, 0.25) is 5.91 Å². The number of amides is 1. The number of aliphatic hydroxyl groups is 1. The molecule has 1 amide bonds. The first kappa shape index (κ1) is 13.4. The third kappa shape index (κ3) is 4.61. The summed E-state index contributed by atoms with van der Waals surface area (Å²) in [6.45, 7) is 4.08. The van der Waals surface area contributed by atoms with Crippen LogP contribution in [-0.4, -0.2) is 16.6 Å². The Morgan fingerprint density at radius 2 is 1.79 bits per heavy atom. The molecule has 0 aliphatic carbocycles. The predicted octanol–water partition coefficient (Wildman–Crippen LogP) is 1.97. The van der Waals surface area contributed by atoms with E-state index in [-0.39, 0.29) is 0 Å². The van der Waals surface area contributed by atoms with E-state index in [4.69, 9.17) is 5.73 Å². The molecule has 0 rings (SSSR count). The minimum atomic E-state index is -1.26. The fourth-order valence-corrected chi connectivity index (χ4v) is 1.63. The molecule has 84 valence electrons. The van der Waals surface area contributed by atoms with Gasteiger partial charge < -0.3 is 10.8 Å². The Morgan fingerprint density at radius 1 is 1.14 bits per heavy atom. The van der Waals surface area contributed by atoms with Crippen molar-refractivity contribution in [2.24, 2.45) is 5.73 Å². The highest BCUT2D eigenvalue weighted by Crippen LogP contribution is 2.20. The fraction of sp³-hybridized carbons (Fsp3) is 0.909. The first-order valence-corrected chi connectivity index (χ1v) is 5.59. The van der Waals surface area contributed by atoms with Crippen LogP contribution in [0.4, 0.5) is 0 Å². The molecule has 3 N–H and O–H groups in total. The number of nitrogens with two attached hydrogens (primary N) is 1. The molecular formula is C11H23NO2. The van der Waals surface area contributed by atoms with E-state index in [1.165, 1.54) is 0 Å². The Bertz CT molecular complexity index is 171. The zero-order valence-corrected chi connectivity index (χ0v) is 9.38. The SMILES string of the molecule is CCCCCCC(O)(CCC)C(N)=O. The molecule has 14 heavy (non-hydrogen) atoms. The van der Waals surface area contributed by atoms with Gasteiger partial charge in [0.15, 0.2) is 0 Å². The highest BCUT2D eigenvalue weighted by Gasteiger charge is 2.31. The predicted molar refractivity (Wildman–Crippen MR) is 57.8 cm³/mol. The fourth-order valence-electron chi connectivity index (χ4n) is 1.63. The molecule has 0 aromatic carbocycles. The van der Waals surface area contributed by atoms with Crippen molar-refractivity contribution < 1.29 is 9.90 Å². The van der Waals surface area contributed by atoms with Crippen molar-refractivity contribution in [3.63, 3.8) is 0 Å². The molecule has 3 nitrogen and oxygen atoms in total. The summed E-state index contributed by atoms with van der Waals surface area (Å²) in [6, 6.07) is 0. The molecule has 0 aromatic heterocycles. The maximum Gasteiger partial charge on any atom is 0.249 e. The number of hydrogen-bond acceptors (Lipinski definition) is 2. The third-order valence-corrected chi connectivity index (χ3v) is 2.57. The molecule has 0 spiro atoms. The van der Waals surface area contributed by atoms with Crippen LogP contribution in [0.15, 0.2) is 0 Å². The van der Waals surface area contributed by atoms with Gasteiger partial charge >= 0.3 is 0 Å². The molecule has 1 atom stereocenters. The van der Waals surface area contributed by atoms with E-state index in [9.17, 15) is 9.90 Å². The number of unbranched alkanes of at least 4 members (excludes halogenated alkanes) is 3. The lowest BCUT2D eigenvalue weighted by Gasteiger charge is -2.23. The second-order valence-electron chi connectivity index (χ2n) is 3.96. The van der Waals surface area contributed by atoms with E-state index in [0.717, 1.165) is 32.1 Å². The highest BCUT2D eigenvalue weighted by atomic mass is 16.3. The average molecular weight is 201 g/mol. The largest absolute Gasteiger partial charge is 0.380 e. The quantitative estimate of drug-likeness (QED) is 0.590. The van der Waals surface area contributed by atoms with E-state index in [2.05, 4.69) is 6.92 Å². The first-order valence-electron chi connectivity index (χ1n) is 5.59. The summed E-state index contributed by atoms with van der Waals surface area (Å²) in [4.78, 5) is 11.0. The number of rotatable bonds is 8. The number of carbonyl (C=O) groups is 1. The van der Waals surface area contributed by atoms with E-state index in [1.54, 1.807) is 0 Å². The zero-order valence-electron chi connectivity index (χ0n) is 9.38. The van der Waals surface area contributed by atoms with Crippen LogP contribution in [0.1, 0.15) is 58.8 Å². The minimum Gasteiger partial charge on any atom is -0.380 e. The summed E-state index contributed by atoms with van der Waals surface area (Å²) in [7, 11) is 0. The van der Waals surface area contributed by atoms with Crippen molar-refractivity contribution in [2.45, 2.75) is 64.4 Å². The first-order chi connectivity index (χ1) is 6.56. The highest BCUT2D eigenvalue weighted by molar-refractivity contribution is 5.83. The lowest BCUT2D eigenvalue weighted by atomic mass is 9.90. The summed E-state index contributed by atoms with van der Waals surface area (Å²) in [6.07, 6.45) is 6.03. The summed E-state index contributed by atoms with van der Waals surface area (Å²) in [5.74, 6) is -0.573. The Morgan fingerprint density at radius 3 is 2.21 bits per heavy atom. The topological polar surface area (TPSA) is 63.3 Å². The summed E-state index contributed by atoms with van der Waals surface area (Å²) in [5.41, 5.74) is 3.92. The van der Waals surface area contributed by atoms with Crippen LogP contribution in [0, 0.1) is 0 Å². The van der Waals surface area contributed by atoms with Crippen LogP contribution in [0.2, 0.25) is 0 Å². The smallest absolute Gasteiger partial charge is 0.249 e. The van der Waals surface area contributed by atoms with E-state index >= 15 is 0 Å². The van der Waals surface area contributed by atoms with Gasteiger partial charge in [-0.25, -0.2) is 0 Å². The van der Waals surface area contributed by atoms with Crippen molar-refractivity contribution in [2.75, 3.05) is 0 Å². The molecule has 0 aliphatic heterocycles. The van der Waals surface area contributed by atoms with Crippen molar-refractivity contribution in [3.05, 3.63) is 0 Å². The molecular weight excluding hydrogens is 178 g/mol. The standard InChI is InChI=1S/C11H23NO2/c1-3-5-6-7-9-11(14,8-4-2)10(12)13/h14H,3-9H2,1-2H3,(H2,12,13). The van der Waals surface area contributed by atoms with Gasteiger partial charge in [-0.05, 0) is 12.8 Å². The number of hydrogen-bond donors (Lipinski definition) is 2. The van der Waals surface area contributed by atoms with Gasteiger partial charge in [0.05, 0.1) is 0 Å². The molecule has 0 saturated heterocycles. The van der Waals surface area contributed by atoms with E-state index in [0.29, 0.717) is 12.8 Å². The van der Waals surface area contributed by atoms with Gasteiger partial charge in [-0.3, -0.25) is 4.79 Å². The summed E-state index contributed by atoms with van der Waals surface area (Å²) < 4.78 is 0. The van der Waals surface area contributed by atoms with Gasteiger partial charge in [-0.2, -0.15) is 0 Å². The van der Waals surface area contributed by atoms with Crippen molar-refractivity contribution >= 4 is 5.91 Å². The Kier molecular flexibility index (Phi) is 6.54. The van der Waals surface area contributed by atoms with Gasteiger partial charge in [-0.1, -0.05) is 46.0 Å². The van der Waals surface area contributed by atoms with Crippen molar-refractivity contribution in [1.29, 1.82) is 0 Å². The van der Waals surface area contributed by atoms with Crippen LogP contribution >= 0.6 is 0 Å². The summed E-state index contributed by atoms with van der Waals surface area (Å²) >= 11 is 0. The molecule has 0 bridgehead atoms. The minimum absolute atomic E-state index is 0.481. The third-order valence-electron chi connectivity index (χ3n) is 2.57. The van der Waals surface area contributed by atoms with Crippen LogP contribution in [0.5, 0.6) is 0 Å². The van der Waals surface area contributed by atoms with Crippen molar-refractivity contribution in [1.82, 2.24) is 0 Å². The maximum absolute atomic E-state index is 11.0. The molecule has 0 fully saturated rings. The number of carbonyl (C=O) groups excluding carboxylic acids is 1. The molecule has 0 heterocycles. The normalized spacial score (nSPS) is 15.1. The number of primary amides is 1. The average Bonchev–Trinajstić information content (AvgIpc) is 2.13. The molecule has 0 aromatic rings. The second kappa shape index (κ2) is 6.82. The summed E-state index contributed by atoms with van der Waals surface area (Å²) in [5, 5.41) is 9.91. The molecule has 1 unspecified atom stereocenters. The van der Waals surface area contributed by atoms with E-state index in [1.807, 2.05) is 6.92 Å². The lowest BCUT2D eigenvalue weighted by Crippen LogP contribution is -2.43. The van der Waals surface area contributed by atoms with Gasteiger partial charge in [0, 0.05) is 0 Å². The monoisotopic (exact) mass is 201 g/mol. The Hall–Kier alpha value is -0.570. The van der Waals surface area contributed by atoms with Gasteiger partial charge in [-0.15, -0.1) is 0 Å².